The van der Waals surface area contributed by atoms with Gasteiger partial charge in [-0.15, -0.1) is 0 Å². The molecule has 1 heterocycles. The van der Waals surface area contributed by atoms with Gasteiger partial charge in [0.25, 0.3) is 5.56 Å². The van der Waals surface area contributed by atoms with E-state index in [1.54, 1.807) is 0 Å². The fourth-order valence-corrected chi connectivity index (χ4v) is 5.15. The fourth-order valence-electron chi connectivity index (χ4n) is 3.34. The van der Waals surface area contributed by atoms with Crippen molar-refractivity contribution in [2.75, 3.05) is 5.32 Å². The summed E-state index contributed by atoms with van der Waals surface area (Å²) in [6, 6.07) is 11.6. The van der Waals surface area contributed by atoms with Gasteiger partial charge in [0, 0.05) is 10.2 Å². The average Bonchev–Trinajstić information content (AvgIpc) is 2.70. The molecule has 0 radical (unpaired) electrons. The molecular formula is C22H18BrF3N2O4S. The molecule has 0 aliphatic rings. The Kier molecular flexibility index (Phi) is 6.85. The number of nitrogens with zero attached hydrogens (tertiary/aromatic N) is 1. The summed E-state index contributed by atoms with van der Waals surface area (Å²) in [5.74, 6) is -0.909. The minimum absolute atomic E-state index is 0.107. The van der Waals surface area contributed by atoms with E-state index in [0.717, 1.165) is 16.7 Å². The van der Waals surface area contributed by atoms with Gasteiger partial charge in [-0.3, -0.25) is 9.59 Å². The second-order valence-corrected chi connectivity index (χ2v) is 10.0. The number of hydrogen-bond donors (Lipinski definition) is 1. The Labute approximate surface area is 196 Å². The number of carbonyl (C=O) groups excluding carboxylic acids is 1. The van der Waals surface area contributed by atoms with Gasteiger partial charge in [-0.1, -0.05) is 28.1 Å². The molecule has 0 spiro atoms. The lowest BCUT2D eigenvalue weighted by atomic mass is 10.1. The highest BCUT2D eigenvalue weighted by Gasteiger charge is 2.33. The first kappa shape index (κ1) is 24.7. The molecule has 0 aliphatic heterocycles. The van der Waals surface area contributed by atoms with Crippen LogP contribution in [0.3, 0.4) is 0 Å². The molecular weight excluding hydrogens is 525 g/mol. The number of sulfone groups is 1. The fraction of sp³-hybridized carbons (Fsp3) is 0.182. The summed E-state index contributed by atoms with van der Waals surface area (Å²) in [5.41, 5.74) is -1.96. The monoisotopic (exact) mass is 542 g/mol. The van der Waals surface area contributed by atoms with Crippen LogP contribution in [0.4, 0.5) is 18.9 Å². The zero-order valence-electron chi connectivity index (χ0n) is 17.4. The lowest BCUT2D eigenvalue weighted by Crippen LogP contribution is -2.33. The summed E-state index contributed by atoms with van der Waals surface area (Å²) in [6.07, 6.45) is -4.69. The molecule has 6 nitrogen and oxygen atoms in total. The second-order valence-electron chi connectivity index (χ2n) is 7.24. The van der Waals surface area contributed by atoms with Gasteiger partial charge >= 0.3 is 6.18 Å². The van der Waals surface area contributed by atoms with Crippen molar-refractivity contribution < 1.29 is 26.4 Å². The predicted molar refractivity (Wildman–Crippen MR) is 120 cm³/mol. The van der Waals surface area contributed by atoms with Crippen molar-refractivity contribution in [1.29, 1.82) is 0 Å². The maximum atomic E-state index is 13.2. The third kappa shape index (κ3) is 5.19. The Morgan fingerprint density at radius 3 is 2.27 bits per heavy atom. The van der Waals surface area contributed by atoms with Gasteiger partial charge in [0.05, 0.1) is 16.1 Å². The molecule has 0 atom stereocenters. The van der Waals surface area contributed by atoms with Crippen molar-refractivity contribution in [3.05, 3.63) is 86.2 Å². The Hall–Kier alpha value is -2.92. The van der Waals surface area contributed by atoms with E-state index in [4.69, 9.17) is 0 Å². The number of anilines is 1. The molecule has 0 fully saturated rings. The van der Waals surface area contributed by atoms with E-state index in [2.05, 4.69) is 21.2 Å². The van der Waals surface area contributed by atoms with Gasteiger partial charge in [0.1, 0.15) is 11.4 Å². The summed E-state index contributed by atoms with van der Waals surface area (Å²) < 4.78 is 67.4. The molecule has 1 N–H and O–H groups in total. The molecule has 174 valence electrons. The number of aromatic nitrogens is 1. The number of halogens is 4. The first-order chi connectivity index (χ1) is 15.3. The SMILES string of the molecule is Cc1cc(C)n(CC(=O)Nc2ccccc2C(F)(F)F)c(=O)c1S(=O)(=O)c1ccc(Br)cc1. The van der Waals surface area contributed by atoms with Crippen LogP contribution in [-0.2, 0) is 27.4 Å². The van der Waals surface area contributed by atoms with Crippen molar-refractivity contribution in [3.63, 3.8) is 0 Å². The van der Waals surface area contributed by atoms with Gasteiger partial charge in [-0.2, -0.15) is 13.2 Å². The highest BCUT2D eigenvalue weighted by atomic mass is 79.9. The minimum Gasteiger partial charge on any atom is -0.324 e. The number of amides is 1. The summed E-state index contributed by atoms with van der Waals surface area (Å²) in [6.45, 7) is 2.30. The summed E-state index contributed by atoms with van der Waals surface area (Å²) >= 11 is 3.21. The molecule has 0 unspecified atom stereocenters. The lowest BCUT2D eigenvalue weighted by Gasteiger charge is -2.16. The van der Waals surface area contributed by atoms with Crippen LogP contribution in [-0.4, -0.2) is 18.9 Å². The van der Waals surface area contributed by atoms with E-state index in [1.807, 2.05) is 0 Å². The number of aryl methyl sites for hydroxylation is 2. The Balaban J connectivity index is 2.00. The molecule has 3 rings (SSSR count). The van der Waals surface area contributed by atoms with Crippen LogP contribution in [0, 0.1) is 13.8 Å². The quantitative estimate of drug-likeness (QED) is 0.505. The van der Waals surface area contributed by atoms with E-state index in [1.165, 1.54) is 56.3 Å². The van der Waals surface area contributed by atoms with Crippen molar-refractivity contribution in [1.82, 2.24) is 4.57 Å². The molecule has 0 saturated heterocycles. The van der Waals surface area contributed by atoms with Crippen LogP contribution in [0.15, 0.2) is 73.7 Å². The zero-order valence-corrected chi connectivity index (χ0v) is 19.8. The number of para-hydroxylation sites is 1. The molecule has 1 amide bonds. The smallest absolute Gasteiger partial charge is 0.324 e. The molecule has 11 heteroatoms. The van der Waals surface area contributed by atoms with Crippen LogP contribution in [0.1, 0.15) is 16.8 Å². The number of alkyl halides is 3. The number of benzene rings is 2. The second kappa shape index (κ2) is 9.14. The first-order valence-corrected chi connectivity index (χ1v) is 11.8. The number of rotatable bonds is 5. The van der Waals surface area contributed by atoms with E-state index in [9.17, 15) is 31.2 Å². The van der Waals surface area contributed by atoms with Gasteiger partial charge in [0.2, 0.25) is 15.7 Å². The minimum atomic E-state index is -4.69. The van der Waals surface area contributed by atoms with Crippen molar-refractivity contribution in [2.45, 2.75) is 36.4 Å². The third-order valence-electron chi connectivity index (χ3n) is 4.85. The van der Waals surface area contributed by atoms with Crippen LogP contribution in [0.5, 0.6) is 0 Å². The number of carbonyl (C=O) groups is 1. The Bertz CT molecular complexity index is 1380. The molecule has 0 bridgehead atoms. The molecule has 33 heavy (non-hydrogen) atoms. The van der Waals surface area contributed by atoms with E-state index >= 15 is 0 Å². The highest BCUT2D eigenvalue weighted by molar-refractivity contribution is 9.10. The highest BCUT2D eigenvalue weighted by Crippen LogP contribution is 2.34. The average molecular weight is 543 g/mol. The van der Waals surface area contributed by atoms with Crippen LogP contribution in [0.25, 0.3) is 0 Å². The zero-order chi connectivity index (χ0) is 24.6. The molecule has 1 aromatic heterocycles. The van der Waals surface area contributed by atoms with Gasteiger partial charge in [-0.05, 0) is 61.9 Å². The van der Waals surface area contributed by atoms with E-state index in [0.29, 0.717) is 4.47 Å². The molecule has 0 aliphatic carbocycles. The topological polar surface area (TPSA) is 85.2 Å². The summed E-state index contributed by atoms with van der Waals surface area (Å²) in [4.78, 5) is 25.0. The third-order valence-corrected chi connectivity index (χ3v) is 7.31. The maximum absolute atomic E-state index is 13.2. The number of nitrogens with one attached hydrogen (secondary N) is 1. The van der Waals surface area contributed by atoms with Crippen molar-refractivity contribution in [2.24, 2.45) is 0 Å². The Morgan fingerprint density at radius 2 is 1.67 bits per heavy atom. The predicted octanol–water partition coefficient (Wildman–Crippen LogP) is 4.72. The molecule has 3 aromatic rings. The number of hydrogen-bond acceptors (Lipinski definition) is 4. The van der Waals surface area contributed by atoms with Crippen molar-refractivity contribution >= 4 is 37.4 Å². The largest absolute Gasteiger partial charge is 0.418 e. The standard InChI is InChI=1S/C22H18BrF3N2O4S/c1-13-11-14(2)28(12-19(29)27-18-6-4-3-5-17(18)22(24,25)26)21(30)20(13)33(31,32)16-9-7-15(23)8-10-16/h3-11H,12H2,1-2H3,(H,27,29). The normalized spacial score (nSPS) is 11.9. The Morgan fingerprint density at radius 1 is 1.06 bits per heavy atom. The summed E-state index contributed by atoms with van der Waals surface area (Å²) in [7, 11) is -4.21. The maximum Gasteiger partial charge on any atom is 0.418 e. The number of pyridine rings is 1. The van der Waals surface area contributed by atoms with Gasteiger partial charge in [0.15, 0.2) is 0 Å². The van der Waals surface area contributed by atoms with Crippen LogP contribution >= 0.6 is 15.9 Å². The van der Waals surface area contributed by atoms with Crippen LogP contribution < -0.4 is 10.9 Å². The van der Waals surface area contributed by atoms with Crippen molar-refractivity contribution in [3.8, 4) is 0 Å². The van der Waals surface area contributed by atoms with E-state index in [-0.39, 0.29) is 16.2 Å². The first-order valence-electron chi connectivity index (χ1n) is 9.50. The van der Waals surface area contributed by atoms with Gasteiger partial charge < -0.3 is 9.88 Å². The molecule has 0 saturated carbocycles. The van der Waals surface area contributed by atoms with E-state index < -0.39 is 50.2 Å². The van der Waals surface area contributed by atoms with Crippen LogP contribution in [0.2, 0.25) is 0 Å². The summed E-state index contributed by atoms with van der Waals surface area (Å²) in [5, 5.41) is 2.16. The lowest BCUT2D eigenvalue weighted by molar-refractivity contribution is -0.137. The molecule has 2 aromatic carbocycles. The van der Waals surface area contributed by atoms with Gasteiger partial charge in [-0.25, -0.2) is 8.42 Å².